The second kappa shape index (κ2) is 2.98. The monoisotopic (exact) mass is 177 g/mol. The Kier molecular flexibility index (Phi) is 1.94. The van der Waals surface area contributed by atoms with Gasteiger partial charge in [0.15, 0.2) is 0 Å². The van der Waals surface area contributed by atoms with Crippen LogP contribution in [0.25, 0.3) is 0 Å². The molecule has 0 radical (unpaired) electrons. The second-order valence-corrected chi connectivity index (χ2v) is 3.94. The van der Waals surface area contributed by atoms with Crippen molar-refractivity contribution in [3.8, 4) is 0 Å². The highest BCUT2D eigenvalue weighted by Crippen LogP contribution is 2.33. The van der Waals surface area contributed by atoms with Crippen LogP contribution in [0.1, 0.15) is 37.4 Å². The van der Waals surface area contributed by atoms with Crippen LogP contribution in [0.15, 0.2) is 6.20 Å². The van der Waals surface area contributed by atoms with Crippen molar-refractivity contribution in [2.75, 3.05) is 5.73 Å². The summed E-state index contributed by atoms with van der Waals surface area (Å²) in [5.41, 5.74) is 8.00. The van der Waals surface area contributed by atoms with Gasteiger partial charge >= 0.3 is 0 Å². The largest absolute Gasteiger partial charge is 0.368 e. The van der Waals surface area contributed by atoms with Crippen molar-refractivity contribution in [1.29, 1.82) is 0 Å². The van der Waals surface area contributed by atoms with E-state index in [0.29, 0.717) is 17.8 Å². The van der Waals surface area contributed by atoms with Crippen molar-refractivity contribution < 1.29 is 0 Å². The summed E-state index contributed by atoms with van der Waals surface area (Å²) >= 11 is 0. The Morgan fingerprint density at radius 3 is 3.00 bits per heavy atom. The van der Waals surface area contributed by atoms with Gasteiger partial charge in [-0.25, -0.2) is 9.97 Å². The van der Waals surface area contributed by atoms with E-state index in [1.165, 1.54) is 12.0 Å². The van der Waals surface area contributed by atoms with Crippen LogP contribution < -0.4 is 5.73 Å². The molecular formula is C10H15N3. The molecule has 1 heterocycles. The third-order valence-corrected chi connectivity index (χ3v) is 3.07. The molecule has 3 heteroatoms. The van der Waals surface area contributed by atoms with Crippen molar-refractivity contribution in [2.24, 2.45) is 5.92 Å². The average molecular weight is 177 g/mol. The maximum Gasteiger partial charge on any atom is 0.220 e. The lowest BCUT2D eigenvalue weighted by atomic mass is 9.80. The smallest absolute Gasteiger partial charge is 0.220 e. The normalized spacial score (nSPS) is 26.9. The van der Waals surface area contributed by atoms with E-state index in [1.807, 2.05) is 6.20 Å². The van der Waals surface area contributed by atoms with Gasteiger partial charge in [-0.1, -0.05) is 13.8 Å². The summed E-state index contributed by atoms with van der Waals surface area (Å²) in [6.45, 7) is 4.49. The van der Waals surface area contributed by atoms with Crippen molar-refractivity contribution in [3.05, 3.63) is 17.5 Å². The summed E-state index contributed by atoms with van der Waals surface area (Å²) in [5, 5.41) is 0. The summed E-state index contributed by atoms with van der Waals surface area (Å²) in [6.07, 6.45) is 4.21. The van der Waals surface area contributed by atoms with Crippen molar-refractivity contribution in [1.82, 2.24) is 9.97 Å². The summed E-state index contributed by atoms with van der Waals surface area (Å²) in [4.78, 5) is 8.33. The van der Waals surface area contributed by atoms with Crippen LogP contribution in [0, 0.1) is 5.92 Å². The highest BCUT2D eigenvalue weighted by Gasteiger charge is 2.24. The molecule has 2 unspecified atom stereocenters. The van der Waals surface area contributed by atoms with Crippen molar-refractivity contribution in [2.45, 2.75) is 32.6 Å². The first-order chi connectivity index (χ1) is 6.18. The van der Waals surface area contributed by atoms with Gasteiger partial charge in [-0.2, -0.15) is 0 Å². The van der Waals surface area contributed by atoms with Gasteiger partial charge in [0.1, 0.15) is 0 Å². The van der Waals surface area contributed by atoms with Crippen LogP contribution in [-0.4, -0.2) is 9.97 Å². The second-order valence-electron chi connectivity index (χ2n) is 3.94. The third-order valence-electron chi connectivity index (χ3n) is 3.07. The van der Waals surface area contributed by atoms with Gasteiger partial charge in [0.2, 0.25) is 5.95 Å². The molecule has 0 fully saturated rings. The number of anilines is 1. The number of hydrogen-bond donors (Lipinski definition) is 1. The fourth-order valence-electron chi connectivity index (χ4n) is 1.92. The Bertz CT molecular complexity index is 322. The zero-order chi connectivity index (χ0) is 9.42. The quantitative estimate of drug-likeness (QED) is 0.656. The van der Waals surface area contributed by atoms with E-state index in [-0.39, 0.29) is 0 Å². The molecule has 70 valence electrons. The van der Waals surface area contributed by atoms with Gasteiger partial charge < -0.3 is 5.73 Å². The first kappa shape index (κ1) is 8.48. The molecule has 2 atom stereocenters. The topological polar surface area (TPSA) is 51.8 Å². The summed E-state index contributed by atoms with van der Waals surface area (Å²) < 4.78 is 0. The number of fused-ring (bicyclic) bond motifs is 1. The highest BCUT2D eigenvalue weighted by molar-refractivity contribution is 5.29. The number of hydrogen-bond acceptors (Lipinski definition) is 3. The van der Waals surface area contributed by atoms with Crippen molar-refractivity contribution in [3.63, 3.8) is 0 Å². The Hall–Kier alpha value is -1.12. The molecule has 0 amide bonds. The van der Waals surface area contributed by atoms with E-state index in [0.717, 1.165) is 12.1 Å². The van der Waals surface area contributed by atoms with Crippen LogP contribution >= 0.6 is 0 Å². The Balaban J connectivity index is 2.45. The van der Waals surface area contributed by atoms with E-state index in [1.54, 1.807) is 0 Å². The van der Waals surface area contributed by atoms with Gasteiger partial charge in [-0.05, 0) is 24.3 Å². The first-order valence-corrected chi connectivity index (χ1v) is 4.79. The first-order valence-electron chi connectivity index (χ1n) is 4.79. The third kappa shape index (κ3) is 1.39. The summed E-state index contributed by atoms with van der Waals surface area (Å²) in [5.74, 6) is 1.63. The van der Waals surface area contributed by atoms with Gasteiger partial charge in [0.25, 0.3) is 0 Å². The van der Waals surface area contributed by atoms with Crippen LogP contribution in [-0.2, 0) is 6.42 Å². The molecule has 1 aromatic rings. The SMILES string of the molecule is CC1CCc2cnc(N)nc2C1C. The summed E-state index contributed by atoms with van der Waals surface area (Å²) in [6, 6.07) is 0. The predicted octanol–water partition coefficient (Wildman–Crippen LogP) is 1.74. The number of nitrogen functional groups attached to an aromatic ring is 1. The lowest BCUT2D eigenvalue weighted by molar-refractivity contribution is 0.416. The molecule has 13 heavy (non-hydrogen) atoms. The fourth-order valence-corrected chi connectivity index (χ4v) is 1.92. The van der Waals surface area contributed by atoms with E-state index in [4.69, 9.17) is 5.73 Å². The van der Waals surface area contributed by atoms with Crippen LogP contribution in [0.2, 0.25) is 0 Å². The zero-order valence-electron chi connectivity index (χ0n) is 8.12. The average Bonchev–Trinajstić information content (AvgIpc) is 2.12. The lowest BCUT2D eigenvalue weighted by Gasteiger charge is -2.26. The molecule has 2 rings (SSSR count). The molecule has 0 aromatic carbocycles. The van der Waals surface area contributed by atoms with Gasteiger partial charge in [0.05, 0.1) is 5.69 Å². The van der Waals surface area contributed by atoms with Crippen LogP contribution in [0.5, 0.6) is 0 Å². The molecule has 0 spiro atoms. The van der Waals surface area contributed by atoms with Gasteiger partial charge in [0, 0.05) is 12.1 Å². The number of aryl methyl sites for hydroxylation is 1. The van der Waals surface area contributed by atoms with Crippen LogP contribution in [0.4, 0.5) is 5.95 Å². The summed E-state index contributed by atoms with van der Waals surface area (Å²) in [7, 11) is 0. The van der Waals surface area contributed by atoms with E-state index in [2.05, 4.69) is 23.8 Å². The molecule has 0 aliphatic heterocycles. The molecule has 0 saturated carbocycles. The maximum atomic E-state index is 5.57. The lowest BCUT2D eigenvalue weighted by Crippen LogP contribution is -2.18. The van der Waals surface area contributed by atoms with Gasteiger partial charge in [-0.15, -0.1) is 0 Å². The number of nitrogens with zero attached hydrogens (tertiary/aromatic N) is 2. The number of rotatable bonds is 0. The minimum Gasteiger partial charge on any atom is -0.368 e. The predicted molar refractivity (Wildman–Crippen MR) is 52.3 cm³/mol. The Labute approximate surface area is 78.4 Å². The van der Waals surface area contributed by atoms with E-state index in [9.17, 15) is 0 Å². The molecule has 1 aliphatic carbocycles. The molecule has 2 N–H and O–H groups in total. The minimum absolute atomic E-state index is 0.403. The molecule has 0 saturated heterocycles. The zero-order valence-corrected chi connectivity index (χ0v) is 8.12. The number of nitrogens with two attached hydrogens (primary N) is 1. The van der Waals surface area contributed by atoms with Gasteiger partial charge in [-0.3, -0.25) is 0 Å². The fraction of sp³-hybridized carbons (Fsp3) is 0.600. The van der Waals surface area contributed by atoms with Crippen molar-refractivity contribution >= 4 is 5.95 Å². The standard InChI is InChI=1S/C10H15N3/c1-6-3-4-8-5-12-10(11)13-9(8)7(6)2/h5-7H,3-4H2,1-2H3,(H2,11,12,13). The molecule has 3 nitrogen and oxygen atoms in total. The Morgan fingerprint density at radius 1 is 1.46 bits per heavy atom. The minimum atomic E-state index is 0.403. The van der Waals surface area contributed by atoms with E-state index >= 15 is 0 Å². The van der Waals surface area contributed by atoms with E-state index < -0.39 is 0 Å². The molecule has 1 aliphatic rings. The number of aromatic nitrogens is 2. The van der Waals surface area contributed by atoms with Crippen LogP contribution in [0.3, 0.4) is 0 Å². The molecule has 0 bridgehead atoms. The Morgan fingerprint density at radius 2 is 2.23 bits per heavy atom. The maximum absolute atomic E-state index is 5.57. The molecule has 1 aromatic heterocycles. The molecular weight excluding hydrogens is 162 g/mol. The highest BCUT2D eigenvalue weighted by atomic mass is 15.0.